The van der Waals surface area contributed by atoms with E-state index >= 15 is 0 Å². The van der Waals surface area contributed by atoms with Crippen molar-refractivity contribution in [2.45, 2.75) is 53.7 Å². The molecule has 82 valence electrons. The molecule has 0 radical (unpaired) electrons. The lowest BCUT2D eigenvalue weighted by molar-refractivity contribution is 0.0680. The Balaban J connectivity index is 0. The summed E-state index contributed by atoms with van der Waals surface area (Å²) < 4.78 is 5.19. The van der Waals surface area contributed by atoms with Crippen LogP contribution in [-0.4, -0.2) is 37.2 Å². The van der Waals surface area contributed by atoms with Crippen LogP contribution in [0.5, 0.6) is 0 Å². The predicted molar refractivity (Wildman–Crippen MR) is 60.2 cm³/mol. The lowest BCUT2D eigenvalue weighted by atomic mass is 10.3. The van der Waals surface area contributed by atoms with E-state index in [-0.39, 0.29) is 0 Å². The quantitative estimate of drug-likeness (QED) is 0.659. The van der Waals surface area contributed by atoms with Gasteiger partial charge in [-0.15, -0.1) is 0 Å². The summed E-state index contributed by atoms with van der Waals surface area (Å²) in [4.78, 5) is 2.40. The molecule has 0 aromatic rings. The number of methoxy groups -OCH3 is 1. The van der Waals surface area contributed by atoms with Crippen LogP contribution in [0.25, 0.3) is 0 Å². The fourth-order valence-corrected chi connectivity index (χ4v) is 1.11. The number of hydrogen-bond donors (Lipinski definition) is 0. The highest BCUT2D eigenvalue weighted by atomic mass is 16.5. The second kappa shape index (κ2) is 10.0. The van der Waals surface area contributed by atoms with Gasteiger partial charge in [0.1, 0.15) is 0 Å². The zero-order chi connectivity index (χ0) is 10.9. The van der Waals surface area contributed by atoms with Crippen molar-refractivity contribution in [2.75, 3.05) is 20.2 Å². The van der Waals surface area contributed by atoms with Crippen LogP contribution < -0.4 is 0 Å². The van der Waals surface area contributed by atoms with Crippen molar-refractivity contribution in [2.24, 2.45) is 0 Å². The zero-order valence-electron chi connectivity index (χ0n) is 10.4. The van der Waals surface area contributed by atoms with Gasteiger partial charge in [-0.1, -0.05) is 20.8 Å². The molecule has 0 bridgehead atoms. The normalized spacial score (nSPS) is 12.7. The van der Waals surface area contributed by atoms with Crippen LogP contribution in [0.4, 0.5) is 0 Å². The molecular weight excluding hydrogens is 162 g/mol. The van der Waals surface area contributed by atoms with Crippen molar-refractivity contribution >= 4 is 0 Å². The van der Waals surface area contributed by atoms with E-state index in [0.29, 0.717) is 12.1 Å². The van der Waals surface area contributed by atoms with Crippen LogP contribution in [0.3, 0.4) is 0 Å². The van der Waals surface area contributed by atoms with E-state index in [9.17, 15) is 0 Å². The highest BCUT2D eigenvalue weighted by Crippen LogP contribution is 2.00. The summed E-state index contributed by atoms with van der Waals surface area (Å²) in [5, 5.41) is 0. The molecule has 0 saturated heterocycles. The molecule has 0 aromatic heterocycles. The lowest BCUT2D eigenvalue weighted by Gasteiger charge is -2.27. The minimum Gasteiger partial charge on any atom is -0.380 e. The van der Waals surface area contributed by atoms with Gasteiger partial charge in [0.2, 0.25) is 0 Å². The van der Waals surface area contributed by atoms with E-state index in [0.717, 1.165) is 13.1 Å². The molecule has 0 aliphatic rings. The molecule has 0 saturated carbocycles. The summed E-state index contributed by atoms with van der Waals surface area (Å²) >= 11 is 0. The molecule has 2 heteroatoms. The van der Waals surface area contributed by atoms with Gasteiger partial charge in [-0.2, -0.15) is 0 Å². The zero-order valence-corrected chi connectivity index (χ0v) is 10.4. The molecule has 0 spiro atoms. The maximum Gasteiger partial charge on any atom is 0.0670 e. The Kier molecular flexibility index (Phi) is 11.8. The number of hydrogen-bond acceptors (Lipinski definition) is 2. The van der Waals surface area contributed by atoms with Crippen LogP contribution >= 0.6 is 0 Å². The first kappa shape index (κ1) is 15.4. The standard InChI is InChI=1S/C9H21NO.C2H6/c1-6-10(8(2)3)7-9(4)11-5;1-2/h8-9H,6-7H2,1-5H3;1-2H3/t9-;/m1./s1. The van der Waals surface area contributed by atoms with Gasteiger partial charge < -0.3 is 4.74 Å². The minimum atomic E-state index is 0.345. The number of nitrogens with zero attached hydrogens (tertiary/aromatic N) is 1. The predicted octanol–water partition coefficient (Wildman–Crippen LogP) is 2.78. The van der Waals surface area contributed by atoms with Gasteiger partial charge in [0.05, 0.1) is 6.10 Å². The molecule has 0 aliphatic carbocycles. The Hall–Kier alpha value is -0.0800. The average molecular weight is 189 g/mol. The SMILES string of the molecule is CC.CCN(C[C@@H](C)OC)C(C)C. The fraction of sp³-hybridized carbons (Fsp3) is 1.00. The first-order valence-electron chi connectivity index (χ1n) is 5.38. The summed E-state index contributed by atoms with van der Waals surface area (Å²) in [5.41, 5.74) is 0. The van der Waals surface area contributed by atoms with Gasteiger partial charge in [0, 0.05) is 19.7 Å². The number of rotatable bonds is 5. The Morgan fingerprint density at radius 3 is 1.85 bits per heavy atom. The van der Waals surface area contributed by atoms with Gasteiger partial charge in [0.25, 0.3) is 0 Å². The fourth-order valence-electron chi connectivity index (χ4n) is 1.11. The smallest absolute Gasteiger partial charge is 0.0670 e. The molecular formula is C11H27NO. The number of likely N-dealkylation sites (N-methyl/N-ethyl adjacent to an activating group) is 1. The van der Waals surface area contributed by atoms with Crippen LogP contribution in [0.1, 0.15) is 41.5 Å². The molecule has 0 aliphatic heterocycles. The first-order valence-corrected chi connectivity index (χ1v) is 5.38. The molecule has 0 unspecified atom stereocenters. The minimum absolute atomic E-state index is 0.345. The Labute approximate surface area is 84.3 Å². The Morgan fingerprint density at radius 2 is 1.62 bits per heavy atom. The van der Waals surface area contributed by atoms with Crippen LogP contribution in [0, 0.1) is 0 Å². The highest BCUT2D eigenvalue weighted by molar-refractivity contribution is 4.64. The number of ether oxygens (including phenoxy) is 1. The van der Waals surface area contributed by atoms with Crippen molar-refractivity contribution in [1.29, 1.82) is 0 Å². The molecule has 0 fully saturated rings. The monoisotopic (exact) mass is 189 g/mol. The summed E-state index contributed by atoms with van der Waals surface area (Å²) in [6.45, 7) is 14.8. The molecule has 1 atom stereocenters. The van der Waals surface area contributed by atoms with Crippen molar-refractivity contribution < 1.29 is 4.74 Å². The van der Waals surface area contributed by atoms with E-state index in [2.05, 4.69) is 32.6 Å². The van der Waals surface area contributed by atoms with E-state index in [4.69, 9.17) is 4.74 Å². The van der Waals surface area contributed by atoms with E-state index in [1.54, 1.807) is 7.11 Å². The molecule has 0 N–H and O–H groups in total. The van der Waals surface area contributed by atoms with Crippen molar-refractivity contribution in [1.82, 2.24) is 4.90 Å². The molecule has 0 rings (SSSR count). The third kappa shape index (κ3) is 8.26. The molecule has 0 aromatic carbocycles. The van der Waals surface area contributed by atoms with Gasteiger partial charge in [-0.25, -0.2) is 0 Å². The summed E-state index contributed by atoms with van der Waals surface area (Å²) in [7, 11) is 1.76. The highest BCUT2D eigenvalue weighted by Gasteiger charge is 2.09. The van der Waals surface area contributed by atoms with Gasteiger partial charge in [0.15, 0.2) is 0 Å². The maximum absolute atomic E-state index is 5.19. The average Bonchev–Trinajstić information content (AvgIpc) is 2.16. The van der Waals surface area contributed by atoms with E-state index < -0.39 is 0 Å². The van der Waals surface area contributed by atoms with Crippen molar-refractivity contribution in [3.63, 3.8) is 0 Å². The lowest BCUT2D eigenvalue weighted by Crippen LogP contribution is -2.36. The molecule has 0 heterocycles. The van der Waals surface area contributed by atoms with Gasteiger partial charge >= 0.3 is 0 Å². The third-order valence-corrected chi connectivity index (χ3v) is 2.03. The van der Waals surface area contributed by atoms with Crippen molar-refractivity contribution in [3.05, 3.63) is 0 Å². The topological polar surface area (TPSA) is 12.5 Å². The van der Waals surface area contributed by atoms with Crippen LogP contribution in [-0.2, 0) is 4.74 Å². The maximum atomic E-state index is 5.19. The largest absolute Gasteiger partial charge is 0.380 e. The first-order chi connectivity index (χ1) is 6.11. The van der Waals surface area contributed by atoms with E-state index in [1.165, 1.54) is 0 Å². The van der Waals surface area contributed by atoms with Gasteiger partial charge in [-0.3, -0.25) is 4.90 Å². The summed E-state index contributed by atoms with van der Waals surface area (Å²) in [5.74, 6) is 0. The second-order valence-electron chi connectivity index (χ2n) is 3.23. The molecule has 13 heavy (non-hydrogen) atoms. The van der Waals surface area contributed by atoms with Crippen molar-refractivity contribution in [3.8, 4) is 0 Å². The summed E-state index contributed by atoms with van der Waals surface area (Å²) in [6, 6.07) is 0.623. The Bertz CT molecular complexity index is 94.1. The Morgan fingerprint density at radius 1 is 1.15 bits per heavy atom. The third-order valence-electron chi connectivity index (χ3n) is 2.03. The van der Waals surface area contributed by atoms with Crippen LogP contribution in [0.15, 0.2) is 0 Å². The van der Waals surface area contributed by atoms with Gasteiger partial charge in [-0.05, 0) is 27.3 Å². The van der Waals surface area contributed by atoms with E-state index in [1.807, 2.05) is 13.8 Å². The second-order valence-corrected chi connectivity index (χ2v) is 3.23. The summed E-state index contributed by atoms with van der Waals surface area (Å²) in [6.07, 6.45) is 0.345. The molecule has 2 nitrogen and oxygen atoms in total. The van der Waals surface area contributed by atoms with Crippen LogP contribution in [0.2, 0.25) is 0 Å². The molecule has 0 amide bonds.